The van der Waals surface area contributed by atoms with E-state index in [2.05, 4.69) is 4.74 Å². The Hall–Kier alpha value is -1.75. The minimum Gasteiger partial charge on any atom is -0.448 e. The van der Waals surface area contributed by atoms with E-state index in [1.54, 1.807) is 7.85 Å². The molecule has 1 rings (SSSR count). The summed E-state index contributed by atoms with van der Waals surface area (Å²) in [6.45, 7) is 0. The van der Waals surface area contributed by atoms with Crippen molar-refractivity contribution in [1.29, 1.82) is 0 Å². The Morgan fingerprint density at radius 2 is 2.00 bits per heavy atom. The van der Waals surface area contributed by atoms with Crippen molar-refractivity contribution in [2.45, 2.75) is 18.6 Å². The smallest absolute Gasteiger partial charge is 0.426 e. The fraction of sp³-hybridized carbons (Fsp3) is 0.364. The third-order valence-electron chi connectivity index (χ3n) is 2.74. The second-order valence-electron chi connectivity index (χ2n) is 4.45. The highest BCUT2D eigenvalue weighted by molar-refractivity contribution is 7.85. The van der Waals surface area contributed by atoms with Gasteiger partial charge in [-0.2, -0.15) is 21.6 Å². The molecule has 6 nitrogen and oxygen atoms in total. The number of rotatable bonds is 5. The third kappa shape index (κ3) is 5.22. The molecule has 1 aromatic rings. The highest BCUT2D eigenvalue weighted by Crippen LogP contribution is 2.25. The summed E-state index contributed by atoms with van der Waals surface area (Å²) in [4.78, 5) is 11.7. The summed E-state index contributed by atoms with van der Waals surface area (Å²) in [7, 11) is -3.24. The van der Waals surface area contributed by atoms with Crippen LogP contribution in [0.25, 0.3) is 0 Å². The molecule has 0 saturated carbocycles. The summed E-state index contributed by atoms with van der Waals surface area (Å²) < 4.78 is 71.9. The molecule has 0 saturated heterocycles. The molecular formula is C11H13BF3NO5S. The van der Waals surface area contributed by atoms with Gasteiger partial charge < -0.3 is 10.5 Å². The first-order valence-corrected chi connectivity index (χ1v) is 7.66. The number of nitrogens with two attached hydrogens (primary N) is 1. The van der Waals surface area contributed by atoms with Crippen LogP contribution in [0.4, 0.5) is 18.9 Å². The van der Waals surface area contributed by atoms with Gasteiger partial charge in [-0.15, -0.1) is 0 Å². The number of ether oxygens (including phenoxy) is 1. The van der Waals surface area contributed by atoms with E-state index in [0.29, 0.717) is 17.6 Å². The molecule has 0 spiro atoms. The average Bonchev–Trinajstić information content (AvgIpc) is 2.35. The topological polar surface area (TPSA) is 107 Å². The van der Waals surface area contributed by atoms with Gasteiger partial charge in [0.15, 0.2) is 0 Å². The lowest BCUT2D eigenvalue weighted by Crippen LogP contribution is -2.39. The number of benzene rings is 1. The summed E-state index contributed by atoms with van der Waals surface area (Å²) in [6, 6.07) is 3.76. The molecule has 0 heterocycles. The van der Waals surface area contributed by atoms with E-state index in [-0.39, 0.29) is 5.56 Å². The third-order valence-corrected chi connectivity index (χ3v) is 3.46. The number of carbonyl (C=O) groups excluding carboxylic acids is 1. The average molecular weight is 339 g/mol. The lowest BCUT2D eigenvalue weighted by molar-refractivity contribution is -0.197. The van der Waals surface area contributed by atoms with E-state index in [4.69, 9.17) is 10.3 Å². The number of anilines is 1. The molecule has 0 aliphatic carbocycles. The molecule has 0 aliphatic rings. The Morgan fingerprint density at radius 3 is 2.45 bits per heavy atom. The fourth-order valence-electron chi connectivity index (χ4n) is 1.62. The monoisotopic (exact) mass is 339 g/mol. The predicted molar refractivity (Wildman–Crippen MR) is 74.8 cm³/mol. The van der Waals surface area contributed by atoms with Crippen molar-refractivity contribution >= 4 is 29.6 Å². The number of hydrogen-bond acceptors (Lipinski definition) is 5. The van der Waals surface area contributed by atoms with Crippen LogP contribution < -0.4 is 5.73 Å². The molecule has 122 valence electrons. The van der Waals surface area contributed by atoms with Gasteiger partial charge in [-0.05, 0) is 23.8 Å². The van der Waals surface area contributed by atoms with Gasteiger partial charge in [-0.25, -0.2) is 4.79 Å². The zero-order chi connectivity index (χ0) is 17.1. The van der Waals surface area contributed by atoms with Crippen LogP contribution in [0.15, 0.2) is 18.2 Å². The number of alkyl halides is 3. The molecule has 11 heteroatoms. The Balaban J connectivity index is 3.01. The Labute approximate surface area is 125 Å². The lowest BCUT2D eigenvalue weighted by Gasteiger charge is -2.19. The van der Waals surface area contributed by atoms with Crippen molar-refractivity contribution in [2.24, 2.45) is 0 Å². The maximum Gasteiger partial charge on any atom is 0.426 e. The van der Waals surface area contributed by atoms with Crippen molar-refractivity contribution in [1.82, 2.24) is 0 Å². The van der Waals surface area contributed by atoms with Crippen LogP contribution >= 0.6 is 0 Å². The summed E-state index contributed by atoms with van der Waals surface area (Å²) in [5, 5.41) is 0. The number of hydrogen-bond donors (Lipinski definition) is 2. The normalized spacial score (nSPS) is 13.6. The Bertz CT molecular complexity index is 662. The molecular weight excluding hydrogens is 326 g/mol. The first-order chi connectivity index (χ1) is 9.94. The van der Waals surface area contributed by atoms with E-state index < -0.39 is 34.1 Å². The Morgan fingerprint density at radius 1 is 1.41 bits per heavy atom. The minimum absolute atomic E-state index is 0.198. The van der Waals surface area contributed by atoms with Gasteiger partial charge in [0.05, 0.1) is 5.56 Å². The molecule has 1 atom stereocenters. The van der Waals surface area contributed by atoms with Crippen LogP contribution in [0.3, 0.4) is 0 Å². The van der Waals surface area contributed by atoms with Gasteiger partial charge in [-0.1, -0.05) is 6.32 Å². The molecule has 0 fully saturated rings. The SMILES string of the molecule is BCc1cc(C(=O)OC(CS(=O)(=O)O)C(F)(F)F)ccc1N. The number of nitrogen functional groups attached to an aromatic ring is 1. The van der Waals surface area contributed by atoms with Crippen molar-refractivity contribution in [2.75, 3.05) is 11.5 Å². The van der Waals surface area contributed by atoms with E-state index in [1.807, 2.05) is 0 Å². The highest BCUT2D eigenvalue weighted by atomic mass is 32.2. The number of esters is 1. The standard InChI is InChI=1S/C11H13BF3NO5S/c12-4-7-3-6(1-2-8(7)16)10(17)21-9(11(13,14)15)5-22(18,19)20/h1-3,9H,4-5,12,16H2,(H,18,19,20). The zero-order valence-electron chi connectivity index (χ0n) is 11.4. The van der Waals surface area contributed by atoms with E-state index in [1.165, 1.54) is 12.1 Å². The maximum atomic E-state index is 12.7. The highest BCUT2D eigenvalue weighted by Gasteiger charge is 2.45. The van der Waals surface area contributed by atoms with Gasteiger partial charge in [0.25, 0.3) is 10.1 Å². The maximum absolute atomic E-state index is 12.7. The predicted octanol–water partition coefficient (Wildman–Crippen LogP) is 0.377. The van der Waals surface area contributed by atoms with Crippen molar-refractivity contribution in [3.8, 4) is 0 Å². The van der Waals surface area contributed by atoms with Crippen LogP contribution in [-0.4, -0.2) is 44.8 Å². The molecule has 1 aromatic carbocycles. The van der Waals surface area contributed by atoms with E-state index >= 15 is 0 Å². The summed E-state index contributed by atoms with van der Waals surface area (Å²) in [5.74, 6) is -3.13. The molecule has 0 amide bonds. The van der Waals surface area contributed by atoms with Gasteiger partial charge in [-0.3, -0.25) is 4.55 Å². The molecule has 0 bridgehead atoms. The first-order valence-electron chi connectivity index (χ1n) is 6.05. The zero-order valence-corrected chi connectivity index (χ0v) is 12.2. The molecule has 1 unspecified atom stereocenters. The summed E-state index contributed by atoms with van der Waals surface area (Å²) in [5.41, 5.74) is 6.31. The van der Waals surface area contributed by atoms with Crippen LogP contribution in [0.5, 0.6) is 0 Å². The second kappa shape index (κ2) is 6.57. The van der Waals surface area contributed by atoms with Crippen molar-refractivity contribution in [3.63, 3.8) is 0 Å². The molecule has 22 heavy (non-hydrogen) atoms. The van der Waals surface area contributed by atoms with Crippen LogP contribution in [0, 0.1) is 0 Å². The second-order valence-corrected chi connectivity index (χ2v) is 5.95. The van der Waals surface area contributed by atoms with Gasteiger partial charge in [0.2, 0.25) is 6.10 Å². The quantitative estimate of drug-likeness (QED) is 0.348. The van der Waals surface area contributed by atoms with E-state index in [0.717, 1.165) is 6.07 Å². The fourth-order valence-corrected chi connectivity index (χ4v) is 2.26. The lowest BCUT2D eigenvalue weighted by atomic mass is 9.94. The molecule has 0 aliphatic heterocycles. The number of carbonyl (C=O) groups is 1. The number of halogens is 3. The van der Waals surface area contributed by atoms with Gasteiger partial charge in [0, 0.05) is 5.69 Å². The van der Waals surface area contributed by atoms with Crippen LogP contribution in [0.1, 0.15) is 15.9 Å². The largest absolute Gasteiger partial charge is 0.448 e. The van der Waals surface area contributed by atoms with Crippen LogP contribution in [-0.2, 0) is 21.2 Å². The molecule has 0 radical (unpaired) electrons. The summed E-state index contributed by atoms with van der Waals surface area (Å²) >= 11 is 0. The van der Waals surface area contributed by atoms with E-state index in [9.17, 15) is 26.4 Å². The first kappa shape index (κ1) is 18.3. The minimum atomic E-state index is -5.13. The molecule has 3 N–H and O–H groups in total. The summed E-state index contributed by atoms with van der Waals surface area (Å²) in [6.07, 6.45) is -7.65. The van der Waals surface area contributed by atoms with Crippen molar-refractivity contribution in [3.05, 3.63) is 29.3 Å². The Kier molecular flexibility index (Phi) is 5.47. The van der Waals surface area contributed by atoms with Gasteiger partial charge >= 0.3 is 12.1 Å². The van der Waals surface area contributed by atoms with Gasteiger partial charge in [0.1, 0.15) is 13.6 Å². The van der Waals surface area contributed by atoms with Crippen LogP contribution in [0.2, 0.25) is 0 Å². The van der Waals surface area contributed by atoms with Crippen molar-refractivity contribution < 1.29 is 35.7 Å². The molecule has 0 aromatic heterocycles.